The third-order valence-corrected chi connectivity index (χ3v) is 7.45. The summed E-state index contributed by atoms with van der Waals surface area (Å²) in [7, 11) is -2.26. The summed E-state index contributed by atoms with van der Waals surface area (Å²) < 4.78 is 38.8. The number of carbonyl (C=O) groups excluding carboxylic acids is 2. The van der Waals surface area contributed by atoms with Crippen LogP contribution in [0.1, 0.15) is 31.7 Å². The lowest BCUT2D eigenvalue weighted by Gasteiger charge is -2.32. The molecule has 1 saturated heterocycles. The van der Waals surface area contributed by atoms with Crippen LogP contribution >= 0.6 is 0 Å². The summed E-state index contributed by atoms with van der Waals surface area (Å²) in [6, 6.07) is 3.09. The molecule has 2 N–H and O–H groups in total. The van der Waals surface area contributed by atoms with E-state index < -0.39 is 22.0 Å². The molecule has 0 spiro atoms. The smallest absolute Gasteiger partial charge is 0.265 e. The van der Waals surface area contributed by atoms with Crippen molar-refractivity contribution in [2.75, 3.05) is 38.7 Å². The van der Waals surface area contributed by atoms with E-state index in [1.807, 2.05) is 6.92 Å². The third kappa shape index (κ3) is 4.60. The van der Waals surface area contributed by atoms with Crippen molar-refractivity contribution in [1.29, 1.82) is 0 Å². The van der Waals surface area contributed by atoms with E-state index in [4.69, 9.17) is 9.47 Å². The molecule has 1 aromatic rings. The molecule has 0 unspecified atom stereocenters. The number of fused-ring (bicyclic) bond motifs is 1. The number of carbonyl (C=O) groups is 2. The van der Waals surface area contributed by atoms with Crippen molar-refractivity contribution in [2.45, 2.75) is 44.1 Å². The van der Waals surface area contributed by atoms with E-state index in [2.05, 4.69) is 10.6 Å². The van der Waals surface area contributed by atoms with E-state index in [1.54, 1.807) is 20.1 Å². The number of benzene rings is 1. The molecule has 10 heteroatoms. The molecule has 0 radical (unpaired) electrons. The van der Waals surface area contributed by atoms with Gasteiger partial charge in [-0.05, 0) is 37.8 Å². The van der Waals surface area contributed by atoms with Gasteiger partial charge in [0.05, 0.1) is 23.1 Å². The molecule has 9 nitrogen and oxygen atoms in total. The number of anilines is 1. The maximum absolute atomic E-state index is 13.4. The average Bonchev–Trinajstić information content (AvgIpc) is 2.73. The standard InChI is InChI=1S/C20H29N3O6S/c1-4-16-20(25)22-15-10-13(2)18(11-17(15)29-16)30(26,27)23-8-5-6-14(12-23)19(24)21-7-9-28-3/h10-11,14,16H,4-9,12H2,1-3H3,(H,21,24)(H,22,25)/t14-,16+/m1/s1. The maximum atomic E-state index is 13.4. The molecular formula is C20H29N3O6S. The van der Waals surface area contributed by atoms with Gasteiger partial charge < -0.3 is 20.1 Å². The number of piperidine rings is 1. The Labute approximate surface area is 177 Å². The Morgan fingerprint density at radius 3 is 2.87 bits per heavy atom. The molecule has 2 heterocycles. The molecule has 3 rings (SSSR count). The van der Waals surface area contributed by atoms with Crippen molar-refractivity contribution in [2.24, 2.45) is 5.92 Å². The van der Waals surface area contributed by atoms with Crippen molar-refractivity contribution in [3.8, 4) is 5.75 Å². The second-order valence-electron chi connectivity index (χ2n) is 7.60. The predicted octanol–water partition coefficient (Wildman–Crippen LogP) is 1.27. The Hall–Kier alpha value is -2.17. The lowest BCUT2D eigenvalue weighted by molar-refractivity contribution is -0.126. The summed E-state index contributed by atoms with van der Waals surface area (Å²) in [6.45, 7) is 4.80. The Balaban J connectivity index is 1.81. The van der Waals surface area contributed by atoms with Gasteiger partial charge in [0, 0.05) is 32.8 Å². The van der Waals surface area contributed by atoms with Crippen LogP contribution in [0.3, 0.4) is 0 Å². The van der Waals surface area contributed by atoms with Gasteiger partial charge in [0.25, 0.3) is 5.91 Å². The Morgan fingerprint density at radius 2 is 2.17 bits per heavy atom. The van der Waals surface area contributed by atoms with Crippen LogP contribution in [0.2, 0.25) is 0 Å². The molecule has 30 heavy (non-hydrogen) atoms. The normalized spacial score (nSPS) is 22.0. The molecule has 1 fully saturated rings. The summed E-state index contributed by atoms with van der Waals surface area (Å²) in [5, 5.41) is 5.56. The molecule has 0 saturated carbocycles. The highest BCUT2D eigenvalue weighted by Crippen LogP contribution is 2.36. The number of aryl methyl sites for hydroxylation is 1. The van der Waals surface area contributed by atoms with Gasteiger partial charge in [-0.1, -0.05) is 6.92 Å². The van der Waals surface area contributed by atoms with Crippen molar-refractivity contribution in [3.63, 3.8) is 0 Å². The zero-order valence-corrected chi connectivity index (χ0v) is 18.4. The number of hydrogen-bond acceptors (Lipinski definition) is 6. The number of hydrogen-bond donors (Lipinski definition) is 2. The molecule has 2 aliphatic rings. The summed E-state index contributed by atoms with van der Waals surface area (Å²) in [5.41, 5.74) is 0.981. The quantitative estimate of drug-likeness (QED) is 0.619. The Bertz CT molecular complexity index is 917. The van der Waals surface area contributed by atoms with Crippen molar-refractivity contribution in [1.82, 2.24) is 9.62 Å². The zero-order chi connectivity index (χ0) is 21.9. The fourth-order valence-corrected chi connectivity index (χ4v) is 5.51. The van der Waals surface area contributed by atoms with Crippen LogP contribution in [-0.4, -0.2) is 64.0 Å². The second-order valence-corrected chi connectivity index (χ2v) is 9.51. The molecule has 2 aliphatic heterocycles. The van der Waals surface area contributed by atoms with Crippen LogP contribution in [0.5, 0.6) is 5.75 Å². The number of rotatable bonds is 7. The number of nitrogens with zero attached hydrogens (tertiary/aromatic N) is 1. The van der Waals surface area contributed by atoms with Gasteiger partial charge in [-0.25, -0.2) is 8.42 Å². The largest absolute Gasteiger partial charge is 0.478 e. The topological polar surface area (TPSA) is 114 Å². The first kappa shape index (κ1) is 22.5. The highest BCUT2D eigenvalue weighted by atomic mass is 32.2. The van der Waals surface area contributed by atoms with Gasteiger partial charge in [0.1, 0.15) is 5.75 Å². The van der Waals surface area contributed by atoms with E-state index in [-0.39, 0.29) is 23.3 Å². The number of amides is 2. The summed E-state index contributed by atoms with van der Waals surface area (Å²) in [4.78, 5) is 24.5. The van der Waals surface area contributed by atoms with E-state index in [1.165, 1.54) is 10.4 Å². The zero-order valence-electron chi connectivity index (χ0n) is 17.6. The van der Waals surface area contributed by atoms with Crippen LogP contribution < -0.4 is 15.4 Å². The number of methoxy groups -OCH3 is 1. The third-order valence-electron chi connectivity index (χ3n) is 5.45. The van der Waals surface area contributed by atoms with Gasteiger partial charge in [0.15, 0.2) is 6.10 Å². The molecule has 0 aromatic heterocycles. The average molecular weight is 440 g/mol. The number of ether oxygens (including phenoxy) is 2. The minimum absolute atomic E-state index is 0.132. The van der Waals surface area contributed by atoms with Crippen LogP contribution in [0.15, 0.2) is 17.0 Å². The summed E-state index contributed by atoms with van der Waals surface area (Å²) in [6.07, 6.45) is 1.08. The summed E-state index contributed by atoms with van der Waals surface area (Å²) in [5.74, 6) is -0.455. The SMILES string of the molecule is CC[C@@H]1Oc2cc(S(=O)(=O)N3CCC[C@@H](C(=O)NCCOC)C3)c(C)cc2NC1=O. The Kier molecular flexibility index (Phi) is 6.99. The molecule has 2 atom stereocenters. The summed E-state index contributed by atoms with van der Waals surface area (Å²) >= 11 is 0. The van der Waals surface area contributed by atoms with E-state index in [0.29, 0.717) is 56.0 Å². The van der Waals surface area contributed by atoms with Gasteiger partial charge in [-0.2, -0.15) is 4.31 Å². The highest BCUT2D eigenvalue weighted by Gasteiger charge is 2.35. The first-order valence-electron chi connectivity index (χ1n) is 10.2. The van der Waals surface area contributed by atoms with Crippen LogP contribution in [0.25, 0.3) is 0 Å². The lowest BCUT2D eigenvalue weighted by atomic mass is 9.99. The lowest BCUT2D eigenvalue weighted by Crippen LogP contribution is -2.46. The van der Waals surface area contributed by atoms with Gasteiger partial charge in [-0.15, -0.1) is 0 Å². The molecule has 2 amide bonds. The van der Waals surface area contributed by atoms with Crippen LogP contribution in [0.4, 0.5) is 5.69 Å². The van der Waals surface area contributed by atoms with E-state index in [9.17, 15) is 18.0 Å². The van der Waals surface area contributed by atoms with E-state index in [0.717, 1.165) is 0 Å². The predicted molar refractivity (Wildman–Crippen MR) is 111 cm³/mol. The van der Waals surface area contributed by atoms with Crippen molar-refractivity contribution in [3.05, 3.63) is 17.7 Å². The van der Waals surface area contributed by atoms with Crippen LogP contribution in [0, 0.1) is 12.8 Å². The number of sulfonamides is 1. The highest BCUT2D eigenvalue weighted by molar-refractivity contribution is 7.89. The van der Waals surface area contributed by atoms with Gasteiger partial charge >= 0.3 is 0 Å². The molecule has 1 aromatic carbocycles. The van der Waals surface area contributed by atoms with Crippen LogP contribution in [-0.2, 0) is 24.3 Å². The van der Waals surface area contributed by atoms with Gasteiger partial charge in [0.2, 0.25) is 15.9 Å². The number of nitrogens with one attached hydrogen (secondary N) is 2. The first-order valence-corrected chi connectivity index (χ1v) is 11.6. The molecule has 0 aliphatic carbocycles. The molecule has 166 valence electrons. The second kappa shape index (κ2) is 9.32. The minimum Gasteiger partial charge on any atom is -0.478 e. The van der Waals surface area contributed by atoms with Crippen molar-refractivity contribution < 1.29 is 27.5 Å². The monoisotopic (exact) mass is 439 g/mol. The maximum Gasteiger partial charge on any atom is 0.265 e. The fraction of sp³-hybridized carbons (Fsp3) is 0.600. The fourth-order valence-electron chi connectivity index (χ4n) is 3.77. The first-order chi connectivity index (χ1) is 14.3. The van der Waals surface area contributed by atoms with Crippen molar-refractivity contribution >= 4 is 27.5 Å². The van der Waals surface area contributed by atoms with E-state index >= 15 is 0 Å². The van der Waals surface area contributed by atoms with Gasteiger partial charge in [-0.3, -0.25) is 9.59 Å². The molecule has 0 bridgehead atoms. The minimum atomic E-state index is -3.82. The Morgan fingerprint density at radius 1 is 1.40 bits per heavy atom. The molecular weight excluding hydrogens is 410 g/mol.